The van der Waals surface area contributed by atoms with Gasteiger partial charge in [0.1, 0.15) is 12.1 Å². The van der Waals surface area contributed by atoms with Crippen molar-refractivity contribution in [1.29, 1.82) is 0 Å². The van der Waals surface area contributed by atoms with Crippen LogP contribution in [0.5, 0.6) is 0 Å². The monoisotopic (exact) mass is 347 g/mol. The molecule has 0 saturated carbocycles. The van der Waals surface area contributed by atoms with Crippen molar-refractivity contribution in [3.63, 3.8) is 0 Å². The predicted molar refractivity (Wildman–Crippen MR) is 77.1 cm³/mol. The molecule has 2 aliphatic rings. The first-order valence-electron chi connectivity index (χ1n) is 7.89. The number of piperidine rings is 1. The minimum atomic E-state index is -4.51. The Bertz CT molecular complexity index is 596. The van der Waals surface area contributed by atoms with Crippen LogP contribution >= 0.6 is 0 Å². The van der Waals surface area contributed by atoms with Crippen molar-refractivity contribution < 1.29 is 27.4 Å². The van der Waals surface area contributed by atoms with E-state index in [4.69, 9.17) is 9.47 Å². The third-order valence-electron chi connectivity index (χ3n) is 4.71. The topological polar surface area (TPSA) is 56.6 Å². The van der Waals surface area contributed by atoms with E-state index in [0.717, 1.165) is 23.6 Å². The number of carbonyl (C=O) groups is 1. The van der Waals surface area contributed by atoms with Crippen LogP contribution in [0.2, 0.25) is 0 Å². The largest absolute Gasteiger partial charge is 0.435 e. The number of rotatable bonds is 3. The average Bonchev–Trinajstić information content (AvgIpc) is 3.17. The Kier molecular flexibility index (Phi) is 4.56. The van der Waals surface area contributed by atoms with E-state index in [-0.39, 0.29) is 18.6 Å². The number of aromatic nitrogens is 2. The number of hydrogen-bond donors (Lipinski definition) is 0. The molecule has 3 rings (SSSR count). The molecule has 1 aromatic heterocycles. The molecule has 0 radical (unpaired) electrons. The molecule has 6 nitrogen and oxygen atoms in total. The molecule has 1 aromatic rings. The average molecular weight is 347 g/mol. The second-order valence-corrected chi connectivity index (χ2v) is 6.24. The molecule has 24 heavy (non-hydrogen) atoms. The predicted octanol–water partition coefficient (Wildman–Crippen LogP) is 1.70. The van der Waals surface area contributed by atoms with Crippen molar-refractivity contribution in [2.75, 3.05) is 26.8 Å². The van der Waals surface area contributed by atoms with Gasteiger partial charge in [0.2, 0.25) is 5.91 Å². The van der Waals surface area contributed by atoms with Gasteiger partial charge in [0, 0.05) is 26.5 Å². The summed E-state index contributed by atoms with van der Waals surface area (Å²) in [5.74, 6) is -0.267. The summed E-state index contributed by atoms with van der Waals surface area (Å²) in [6, 6.07) is 0.867. The molecule has 0 unspecified atom stereocenters. The van der Waals surface area contributed by atoms with Gasteiger partial charge in [-0.3, -0.25) is 9.48 Å². The Morgan fingerprint density at radius 1 is 1.54 bits per heavy atom. The van der Waals surface area contributed by atoms with Crippen LogP contribution in [-0.2, 0) is 27.0 Å². The molecule has 2 fully saturated rings. The molecule has 9 heteroatoms. The van der Waals surface area contributed by atoms with Crippen molar-refractivity contribution in [1.82, 2.24) is 14.7 Å². The maximum absolute atomic E-state index is 12.6. The number of halogens is 3. The smallest absolute Gasteiger partial charge is 0.378 e. The van der Waals surface area contributed by atoms with E-state index in [1.165, 1.54) is 6.20 Å². The second-order valence-electron chi connectivity index (χ2n) is 6.24. The minimum Gasteiger partial charge on any atom is -0.378 e. The SMILES string of the molecule is CO[C@H]1CCN(C(=O)Cn2ccc(C(F)(F)F)n2)C[C@@]12CCCO2. The van der Waals surface area contributed by atoms with Crippen molar-refractivity contribution >= 4 is 5.91 Å². The summed E-state index contributed by atoms with van der Waals surface area (Å²) in [7, 11) is 1.63. The first-order valence-corrected chi connectivity index (χ1v) is 7.89. The molecule has 2 atom stereocenters. The van der Waals surface area contributed by atoms with E-state index in [1.807, 2.05) is 0 Å². The summed E-state index contributed by atoms with van der Waals surface area (Å²) >= 11 is 0. The third-order valence-corrected chi connectivity index (χ3v) is 4.71. The van der Waals surface area contributed by atoms with Crippen molar-refractivity contribution in [3.05, 3.63) is 18.0 Å². The fourth-order valence-electron chi connectivity index (χ4n) is 3.52. The summed E-state index contributed by atoms with van der Waals surface area (Å²) in [5.41, 5.74) is -1.49. The summed E-state index contributed by atoms with van der Waals surface area (Å²) in [5, 5.41) is 3.42. The van der Waals surface area contributed by atoms with E-state index in [2.05, 4.69) is 5.10 Å². The Balaban J connectivity index is 1.66. The first-order chi connectivity index (χ1) is 11.3. The molecular formula is C15H20F3N3O3. The molecule has 1 amide bonds. The van der Waals surface area contributed by atoms with Crippen LogP contribution in [0.4, 0.5) is 13.2 Å². The standard InChI is InChI=1S/C15H20F3N3O3/c1-23-12-4-6-20(10-14(12)5-2-8-24-14)13(22)9-21-7-3-11(19-21)15(16,17)18/h3,7,12H,2,4-6,8-10H2,1H3/t12-,14-/m0/s1. The minimum absolute atomic E-state index is 0.0643. The van der Waals surface area contributed by atoms with Gasteiger partial charge in [-0.1, -0.05) is 0 Å². The third kappa shape index (κ3) is 3.27. The van der Waals surface area contributed by atoms with Crippen LogP contribution in [0.3, 0.4) is 0 Å². The summed E-state index contributed by atoms with van der Waals surface area (Å²) in [4.78, 5) is 14.1. The second kappa shape index (κ2) is 6.36. The van der Waals surface area contributed by atoms with Gasteiger partial charge in [0.15, 0.2) is 5.69 Å². The maximum Gasteiger partial charge on any atom is 0.435 e. The molecule has 0 aliphatic carbocycles. The lowest BCUT2D eigenvalue weighted by molar-refractivity contribution is -0.161. The molecule has 0 aromatic carbocycles. The summed E-state index contributed by atoms with van der Waals surface area (Å²) < 4.78 is 50.1. The van der Waals surface area contributed by atoms with Crippen LogP contribution in [0, 0.1) is 0 Å². The van der Waals surface area contributed by atoms with Gasteiger partial charge >= 0.3 is 6.18 Å². The molecule has 134 valence electrons. The van der Waals surface area contributed by atoms with Crippen LogP contribution in [0.1, 0.15) is 25.0 Å². The number of carbonyl (C=O) groups excluding carboxylic acids is 1. The highest BCUT2D eigenvalue weighted by atomic mass is 19.4. The number of alkyl halides is 3. The van der Waals surface area contributed by atoms with Crippen molar-refractivity contribution in [2.45, 2.75) is 43.7 Å². The zero-order chi connectivity index (χ0) is 17.4. The highest BCUT2D eigenvalue weighted by Gasteiger charge is 2.48. The fraction of sp³-hybridized carbons (Fsp3) is 0.733. The number of likely N-dealkylation sites (tertiary alicyclic amines) is 1. The zero-order valence-electron chi connectivity index (χ0n) is 13.4. The first kappa shape index (κ1) is 17.2. The van der Waals surface area contributed by atoms with Crippen molar-refractivity contribution in [2.24, 2.45) is 0 Å². The molecule has 3 heterocycles. The summed E-state index contributed by atoms with van der Waals surface area (Å²) in [6.07, 6.45) is -1.02. The lowest BCUT2D eigenvalue weighted by Crippen LogP contribution is -2.58. The molecular weight excluding hydrogens is 327 g/mol. The highest BCUT2D eigenvalue weighted by molar-refractivity contribution is 5.76. The number of ether oxygens (including phenoxy) is 2. The number of hydrogen-bond acceptors (Lipinski definition) is 4. The number of nitrogens with zero attached hydrogens (tertiary/aromatic N) is 3. The van der Waals surface area contributed by atoms with Gasteiger partial charge in [0.05, 0.1) is 12.6 Å². The van der Waals surface area contributed by atoms with Gasteiger partial charge in [-0.2, -0.15) is 18.3 Å². The van der Waals surface area contributed by atoms with Crippen molar-refractivity contribution in [3.8, 4) is 0 Å². The maximum atomic E-state index is 12.6. The van der Waals surface area contributed by atoms with Crippen LogP contribution in [0.25, 0.3) is 0 Å². The Morgan fingerprint density at radius 2 is 2.33 bits per heavy atom. The lowest BCUT2D eigenvalue weighted by Gasteiger charge is -2.44. The molecule has 0 bridgehead atoms. The fourth-order valence-corrected chi connectivity index (χ4v) is 3.52. The normalized spacial score (nSPS) is 27.8. The van der Waals surface area contributed by atoms with E-state index >= 15 is 0 Å². The Morgan fingerprint density at radius 3 is 2.92 bits per heavy atom. The summed E-state index contributed by atoms with van der Waals surface area (Å²) in [6.45, 7) is 1.31. The highest BCUT2D eigenvalue weighted by Crippen LogP contribution is 2.36. The Hall–Kier alpha value is -1.61. The number of methoxy groups -OCH3 is 1. The quantitative estimate of drug-likeness (QED) is 0.835. The van der Waals surface area contributed by atoms with Gasteiger partial charge < -0.3 is 14.4 Å². The van der Waals surface area contributed by atoms with E-state index in [9.17, 15) is 18.0 Å². The van der Waals surface area contributed by atoms with Crippen LogP contribution in [0.15, 0.2) is 12.3 Å². The zero-order valence-corrected chi connectivity index (χ0v) is 13.4. The lowest BCUT2D eigenvalue weighted by atomic mass is 9.87. The van der Waals surface area contributed by atoms with Crippen LogP contribution < -0.4 is 0 Å². The van der Waals surface area contributed by atoms with E-state index in [1.54, 1.807) is 12.0 Å². The van der Waals surface area contributed by atoms with Gasteiger partial charge in [-0.15, -0.1) is 0 Å². The van der Waals surface area contributed by atoms with Crippen LogP contribution in [-0.4, -0.2) is 59.1 Å². The number of amides is 1. The van der Waals surface area contributed by atoms with E-state index < -0.39 is 17.5 Å². The van der Waals surface area contributed by atoms with Gasteiger partial charge in [0.25, 0.3) is 0 Å². The van der Waals surface area contributed by atoms with Gasteiger partial charge in [-0.25, -0.2) is 0 Å². The molecule has 2 aliphatic heterocycles. The van der Waals surface area contributed by atoms with Gasteiger partial charge in [-0.05, 0) is 25.3 Å². The molecule has 0 N–H and O–H groups in total. The van der Waals surface area contributed by atoms with E-state index in [0.29, 0.717) is 26.1 Å². The molecule has 2 saturated heterocycles. The Labute approximate surface area is 137 Å². The molecule has 1 spiro atoms.